The first-order chi connectivity index (χ1) is 11.3. The second-order valence-electron chi connectivity index (χ2n) is 8.54. The van der Waals surface area contributed by atoms with E-state index in [0.29, 0.717) is 6.04 Å². The van der Waals surface area contributed by atoms with Crippen LogP contribution in [0, 0.1) is 0 Å². The van der Waals surface area contributed by atoms with Crippen LogP contribution in [0.15, 0.2) is 0 Å². The van der Waals surface area contributed by atoms with Crippen LogP contribution in [0.4, 0.5) is 4.79 Å². The highest BCUT2D eigenvalue weighted by Gasteiger charge is 2.27. The van der Waals surface area contributed by atoms with Gasteiger partial charge in [0.2, 0.25) is 0 Å². The number of amides is 1. The monoisotopic (exact) mass is 339 g/mol. The number of alkyl carbamates (subject to hydrolysis) is 1. The van der Waals surface area contributed by atoms with Crippen LogP contribution in [0.3, 0.4) is 0 Å². The number of carbonyl (C=O) groups excluding carboxylic acids is 1. The van der Waals surface area contributed by atoms with Crippen molar-refractivity contribution >= 4 is 6.09 Å². The summed E-state index contributed by atoms with van der Waals surface area (Å²) in [6, 6.07) is 1.54. The van der Waals surface area contributed by atoms with E-state index in [0.717, 1.165) is 31.8 Å². The highest BCUT2D eigenvalue weighted by atomic mass is 16.6. The normalized spacial score (nSPS) is 28.8. The van der Waals surface area contributed by atoms with Crippen LogP contribution < -0.4 is 10.6 Å². The molecule has 5 nitrogen and oxygen atoms in total. The molecule has 140 valence electrons. The van der Waals surface area contributed by atoms with Gasteiger partial charge in [-0.25, -0.2) is 4.79 Å². The number of ether oxygens (including phenoxy) is 1. The molecule has 0 aromatic rings. The highest BCUT2D eigenvalue weighted by Crippen LogP contribution is 2.20. The second kappa shape index (κ2) is 9.04. The van der Waals surface area contributed by atoms with Crippen molar-refractivity contribution in [3.8, 4) is 0 Å². The number of nitrogens with zero attached hydrogens (tertiary/aromatic N) is 1. The molecule has 5 heteroatoms. The van der Waals surface area contributed by atoms with Crippen molar-refractivity contribution in [1.29, 1.82) is 0 Å². The number of hydrogen-bond acceptors (Lipinski definition) is 4. The third-order valence-corrected chi connectivity index (χ3v) is 5.15. The lowest BCUT2D eigenvalue weighted by Crippen LogP contribution is -2.40. The van der Waals surface area contributed by atoms with E-state index in [1.165, 1.54) is 38.8 Å². The SMILES string of the molecule is CC1CCCCN1CCCNC1CCC(NC(=O)OC(C)(C)C)C1. The van der Waals surface area contributed by atoms with Crippen LogP contribution in [0.1, 0.15) is 72.6 Å². The summed E-state index contributed by atoms with van der Waals surface area (Å²) in [5, 5.41) is 6.67. The largest absolute Gasteiger partial charge is 0.444 e. The van der Waals surface area contributed by atoms with Crippen LogP contribution in [0.5, 0.6) is 0 Å². The van der Waals surface area contributed by atoms with E-state index in [2.05, 4.69) is 22.5 Å². The van der Waals surface area contributed by atoms with Crippen LogP contribution >= 0.6 is 0 Å². The first-order valence-electron chi connectivity index (χ1n) is 9.80. The third kappa shape index (κ3) is 6.98. The van der Waals surface area contributed by atoms with Gasteiger partial charge >= 0.3 is 6.09 Å². The molecule has 24 heavy (non-hydrogen) atoms. The van der Waals surface area contributed by atoms with Gasteiger partial charge in [0.1, 0.15) is 5.60 Å². The maximum absolute atomic E-state index is 11.8. The molecule has 1 amide bonds. The molecule has 0 spiro atoms. The van der Waals surface area contributed by atoms with Crippen molar-refractivity contribution in [3.05, 3.63) is 0 Å². The first-order valence-corrected chi connectivity index (χ1v) is 9.80. The molecule has 0 radical (unpaired) electrons. The molecule has 1 aliphatic heterocycles. The molecule has 1 heterocycles. The molecule has 0 aromatic heterocycles. The van der Waals surface area contributed by atoms with Gasteiger partial charge in [-0.3, -0.25) is 0 Å². The summed E-state index contributed by atoms with van der Waals surface area (Å²) in [6.07, 6.45) is 8.23. The van der Waals surface area contributed by atoms with E-state index in [4.69, 9.17) is 4.74 Å². The lowest BCUT2D eigenvalue weighted by molar-refractivity contribution is 0.0505. The van der Waals surface area contributed by atoms with E-state index in [9.17, 15) is 4.79 Å². The smallest absolute Gasteiger partial charge is 0.407 e. The summed E-state index contributed by atoms with van der Waals surface area (Å²) in [7, 11) is 0. The van der Waals surface area contributed by atoms with Gasteiger partial charge in [-0.05, 0) is 85.9 Å². The number of piperidine rings is 1. The van der Waals surface area contributed by atoms with Crippen LogP contribution in [0.2, 0.25) is 0 Å². The van der Waals surface area contributed by atoms with Crippen molar-refractivity contribution in [3.63, 3.8) is 0 Å². The fourth-order valence-electron chi connectivity index (χ4n) is 3.85. The summed E-state index contributed by atoms with van der Waals surface area (Å²) in [5.74, 6) is 0. The average molecular weight is 340 g/mol. The molecule has 2 aliphatic rings. The van der Waals surface area contributed by atoms with Crippen LogP contribution in [0.25, 0.3) is 0 Å². The Labute approximate surface area is 147 Å². The molecule has 0 aromatic carbocycles. The Morgan fingerprint density at radius 2 is 1.92 bits per heavy atom. The summed E-state index contributed by atoms with van der Waals surface area (Å²) in [6.45, 7) is 11.6. The molecule has 1 saturated heterocycles. The Bertz CT molecular complexity index is 395. The molecule has 3 unspecified atom stereocenters. The number of carbonyl (C=O) groups is 1. The van der Waals surface area contributed by atoms with E-state index in [-0.39, 0.29) is 12.1 Å². The molecule has 1 aliphatic carbocycles. The molecular weight excluding hydrogens is 302 g/mol. The van der Waals surface area contributed by atoms with Crippen molar-refractivity contribution < 1.29 is 9.53 Å². The third-order valence-electron chi connectivity index (χ3n) is 5.15. The van der Waals surface area contributed by atoms with Gasteiger partial charge < -0.3 is 20.3 Å². The second-order valence-corrected chi connectivity index (χ2v) is 8.54. The quantitative estimate of drug-likeness (QED) is 0.729. The molecule has 1 saturated carbocycles. The van der Waals surface area contributed by atoms with Crippen molar-refractivity contribution in [1.82, 2.24) is 15.5 Å². The van der Waals surface area contributed by atoms with E-state index < -0.39 is 5.60 Å². The Morgan fingerprint density at radius 3 is 2.62 bits per heavy atom. The fourth-order valence-corrected chi connectivity index (χ4v) is 3.85. The Morgan fingerprint density at radius 1 is 1.17 bits per heavy atom. The van der Waals surface area contributed by atoms with Crippen molar-refractivity contribution in [2.45, 2.75) is 96.4 Å². The molecule has 3 atom stereocenters. The minimum Gasteiger partial charge on any atom is -0.444 e. The van der Waals surface area contributed by atoms with Gasteiger partial charge in [-0.15, -0.1) is 0 Å². The molecular formula is C19H37N3O2. The minimum absolute atomic E-state index is 0.250. The van der Waals surface area contributed by atoms with E-state index >= 15 is 0 Å². The van der Waals surface area contributed by atoms with Gasteiger partial charge in [-0.2, -0.15) is 0 Å². The van der Waals surface area contributed by atoms with Gasteiger partial charge in [0.25, 0.3) is 0 Å². The summed E-state index contributed by atoms with van der Waals surface area (Å²) in [5.41, 5.74) is -0.425. The minimum atomic E-state index is -0.425. The average Bonchev–Trinajstić information content (AvgIpc) is 2.90. The van der Waals surface area contributed by atoms with Gasteiger partial charge in [-0.1, -0.05) is 6.42 Å². The summed E-state index contributed by atoms with van der Waals surface area (Å²) in [4.78, 5) is 14.5. The highest BCUT2D eigenvalue weighted by molar-refractivity contribution is 5.68. The van der Waals surface area contributed by atoms with Crippen molar-refractivity contribution in [2.24, 2.45) is 0 Å². The number of rotatable bonds is 6. The summed E-state index contributed by atoms with van der Waals surface area (Å²) < 4.78 is 5.33. The lowest BCUT2D eigenvalue weighted by Gasteiger charge is -2.33. The zero-order valence-electron chi connectivity index (χ0n) is 16.1. The lowest BCUT2D eigenvalue weighted by atomic mass is 10.0. The van der Waals surface area contributed by atoms with E-state index in [1.807, 2.05) is 20.8 Å². The predicted octanol–water partition coefficient (Wildman–Crippen LogP) is 3.29. The number of hydrogen-bond donors (Lipinski definition) is 2. The van der Waals surface area contributed by atoms with Crippen LogP contribution in [-0.2, 0) is 4.74 Å². The molecule has 2 rings (SSSR count). The standard InChI is InChI=1S/C19H37N3O2/c1-15-8-5-6-12-22(15)13-7-11-20-16-9-10-17(14-16)21-18(23)24-19(2,3)4/h15-17,20H,5-14H2,1-4H3,(H,21,23). The van der Waals surface area contributed by atoms with Gasteiger partial charge in [0.15, 0.2) is 0 Å². The Hall–Kier alpha value is -0.810. The first kappa shape index (κ1) is 19.5. The number of nitrogens with one attached hydrogen (secondary N) is 2. The van der Waals surface area contributed by atoms with Gasteiger partial charge in [0.05, 0.1) is 0 Å². The number of likely N-dealkylation sites (tertiary alicyclic amines) is 1. The maximum atomic E-state index is 11.8. The zero-order chi connectivity index (χ0) is 17.6. The van der Waals surface area contributed by atoms with Gasteiger partial charge in [0, 0.05) is 18.1 Å². The fraction of sp³-hybridized carbons (Fsp3) is 0.947. The topological polar surface area (TPSA) is 53.6 Å². The Kier molecular flexibility index (Phi) is 7.35. The van der Waals surface area contributed by atoms with E-state index in [1.54, 1.807) is 0 Å². The molecule has 0 bridgehead atoms. The molecule has 2 fully saturated rings. The molecule has 2 N–H and O–H groups in total. The summed E-state index contributed by atoms with van der Waals surface area (Å²) >= 11 is 0. The maximum Gasteiger partial charge on any atom is 0.407 e. The predicted molar refractivity (Wildman–Crippen MR) is 98.3 cm³/mol. The van der Waals surface area contributed by atoms with Crippen molar-refractivity contribution in [2.75, 3.05) is 19.6 Å². The zero-order valence-corrected chi connectivity index (χ0v) is 16.1. The van der Waals surface area contributed by atoms with Crippen LogP contribution in [-0.4, -0.2) is 54.4 Å². The Balaban J connectivity index is 1.56.